The van der Waals surface area contributed by atoms with E-state index in [1.807, 2.05) is 0 Å². The fourth-order valence-corrected chi connectivity index (χ4v) is 9.08. The van der Waals surface area contributed by atoms with Crippen LogP contribution in [0.5, 0.6) is 0 Å². The van der Waals surface area contributed by atoms with Crippen molar-refractivity contribution in [3.8, 4) is 0 Å². The number of esters is 3. The summed E-state index contributed by atoms with van der Waals surface area (Å²) in [5.41, 5.74) is 0. The molecule has 1 unspecified atom stereocenters. The number of hydrogen-bond donors (Lipinski definition) is 0. The van der Waals surface area contributed by atoms with Crippen LogP contribution in [0.3, 0.4) is 0 Å². The van der Waals surface area contributed by atoms with Crippen molar-refractivity contribution in [1.29, 1.82) is 0 Å². The third kappa shape index (κ3) is 54.8. The lowest BCUT2D eigenvalue weighted by Crippen LogP contribution is -2.30. The van der Waals surface area contributed by atoms with Crippen molar-refractivity contribution in [2.45, 2.75) is 341 Å². The molecule has 0 fully saturated rings. The van der Waals surface area contributed by atoms with Crippen LogP contribution in [-0.2, 0) is 28.6 Å². The molecule has 0 aromatic heterocycles. The Morgan fingerprint density at radius 1 is 0.279 bits per heavy atom. The summed E-state index contributed by atoms with van der Waals surface area (Å²) in [4.78, 5) is 38.1. The first kappa shape index (κ1) is 65.9. The number of unbranched alkanes of at least 4 members (excludes halogenated alkanes) is 41. The predicted molar refractivity (Wildman–Crippen MR) is 293 cm³/mol. The first-order valence-corrected chi connectivity index (χ1v) is 30.3. The number of carbonyl (C=O) groups is 3. The van der Waals surface area contributed by atoms with Gasteiger partial charge in [-0.05, 0) is 70.6 Å². The maximum atomic E-state index is 12.8. The largest absolute Gasteiger partial charge is 0.462 e. The molecule has 0 amide bonds. The van der Waals surface area contributed by atoms with Crippen molar-refractivity contribution in [3.63, 3.8) is 0 Å². The summed E-state index contributed by atoms with van der Waals surface area (Å²) in [5.74, 6) is -0.872. The second-order valence-electron chi connectivity index (χ2n) is 20.6. The molecule has 0 rings (SSSR count). The molecule has 400 valence electrons. The van der Waals surface area contributed by atoms with Crippen molar-refractivity contribution in [2.24, 2.45) is 0 Å². The molecule has 0 N–H and O–H groups in total. The second kappa shape index (κ2) is 57.5. The molecule has 0 saturated heterocycles. The fourth-order valence-electron chi connectivity index (χ4n) is 9.08. The van der Waals surface area contributed by atoms with Crippen LogP contribution in [0.25, 0.3) is 0 Å². The number of allylic oxidation sites excluding steroid dienone is 4. The van der Waals surface area contributed by atoms with Gasteiger partial charge in [0.1, 0.15) is 13.2 Å². The van der Waals surface area contributed by atoms with E-state index in [1.165, 1.54) is 225 Å². The van der Waals surface area contributed by atoms with Gasteiger partial charge in [-0.2, -0.15) is 0 Å². The average Bonchev–Trinajstić information content (AvgIpc) is 3.34. The summed E-state index contributed by atoms with van der Waals surface area (Å²) in [7, 11) is 0. The van der Waals surface area contributed by atoms with Crippen molar-refractivity contribution in [1.82, 2.24) is 0 Å². The third-order valence-electron chi connectivity index (χ3n) is 13.7. The van der Waals surface area contributed by atoms with Crippen LogP contribution >= 0.6 is 0 Å². The van der Waals surface area contributed by atoms with Crippen LogP contribution in [0.4, 0.5) is 0 Å². The Balaban J connectivity index is 4.17. The lowest BCUT2D eigenvalue weighted by Gasteiger charge is -2.18. The highest BCUT2D eigenvalue weighted by Gasteiger charge is 2.19. The Labute approximate surface area is 423 Å². The minimum Gasteiger partial charge on any atom is -0.462 e. The Hall–Kier alpha value is -2.11. The van der Waals surface area contributed by atoms with Gasteiger partial charge in [0.2, 0.25) is 0 Å². The fraction of sp³-hybridized carbons (Fsp3) is 0.887. The zero-order valence-corrected chi connectivity index (χ0v) is 45.9. The topological polar surface area (TPSA) is 78.9 Å². The van der Waals surface area contributed by atoms with E-state index in [4.69, 9.17) is 14.2 Å². The molecule has 1 atom stereocenters. The van der Waals surface area contributed by atoms with Gasteiger partial charge in [-0.25, -0.2) is 0 Å². The van der Waals surface area contributed by atoms with Crippen LogP contribution in [-0.4, -0.2) is 37.2 Å². The van der Waals surface area contributed by atoms with Gasteiger partial charge in [0.05, 0.1) is 0 Å². The summed E-state index contributed by atoms with van der Waals surface area (Å²) in [6, 6.07) is 0. The third-order valence-corrected chi connectivity index (χ3v) is 13.7. The van der Waals surface area contributed by atoms with Crippen LogP contribution in [0.15, 0.2) is 24.3 Å². The Kier molecular flexibility index (Phi) is 55.7. The monoisotopic (exact) mass is 957 g/mol. The zero-order valence-electron chi connectivity index (χ0n) is 45.9. The van der Waals surface area contributed by atoms with Crippen molar-refractivity contribution in [3.05, 3.63) is 24.3 Å². The smallest absolute Gasteiger partial charge is 0.306 e. The van der Waals surface area contributed by atoms with Gasteiger partial charge < -0.3 is 14.2 Å². The van der Waals surface area contributed by atoms with Crippen molar-refractivity contribution in [2.75, 3.05) is 13.2 Å². The highest BCUT2D eigenvalue weighted by molar-refractivity contribution is 5.71. The van der Waals surface area contributed by atoms with E-state index in [0.29, 0.717) is 19.3 Å². The second-order valence-corrected chi connectivity index (χ2v) is 20.6. The number of carbonyl (C=O) groups excluding carboxylic acids is 3. The SMILES string of the molecule is CCCCC/C=C\CCCCCCCC(=O)OCC(COC(=O)CCCCCCCCCCCCCCCCCCCCCCCCCCC)OC(=O)CCCCCCC/C=C\CCCCCC. The Bertz CT molecular complexity index is 1100. The lowest BCUT2D eigenvalue weighted by atomic mass is 10.0. The highest BCUT2D eigenvalue weighted by atomic mass is 16.6. The van der Waals surface area contributed by atoms with Crippen LogP contribution in [0.1, 0.15) is 335 Å². The van der Waals surface area contributed by atoms with E-state index in [-0.39, 0.29) is 31.1 Å². The van der Waals surface area contributed by atoms with Gasteiger partial charge in [-0.3, -0.25) is 14.4 Å². The van der Waals surface area contributed by atoms with Crippen LogP contribution in [0, 0.1) is 0 Å². The molecule has 0 saturated carbocycles. The van der Waals surface area contributed by atoms with Gasteiger partial charge >= 0.3 is 17.9 Å². The molecule has 0 bridgehead atoms. The summed E-state index contributed by atoms with van der Waals surface area (Å²) in [5, 5.41) is 0. The predicted octanol–water partition coefficient (Wildman–Crippen LogP) is 20.3. The van der Waals surface area contributed by atoms with E-state index in [0.717, 1.165) is 70.6 Å². The van der Waals surface area contributed by atoms with Gasteiger partial charge in [0.15, 0.2) is 6.10 Å². The summed E-state index contributed by atoms with van der Waals surface area (Å²) >= 11 is 0. The van der Waals surface area contributed by atoms with Gasteiger partial charge in [0.25, 0.3) is 0 Å². The molecule has 0 heterocycles. The summed E-state index contributed by atoms with van der Waals surface area (Å²) in [6.45, 7) is 6.64. The normalized spacial score (nSPS) is 12.1. The minimum atomic E-state index is -0.775. The average molecular weight is 958 g/mol. The van der Waals surface area contributed by atoms with Gasteiger partial charge in [-0.15, -0.1) is 0 Å². The molecule has 68 heavy (non-hydrogen) atoms. The van der Waals surface area contributed by atoms with E-state index >= 15 is 0 Å². The van der Waals surface area contributed by atoms with Gasteiger partial charge in [-0.1, -0.05) is 270 Å². The maximum absolute atomic E-state index is 12.8. The summed E-state index contributed by atoms with van der Waals surface area (Å²) in [6.07, 6.45) is 67.6. The zero-order chi connectivity index (χ0) is 49.3. The number of rotatable bonds is 56. The van der Waals surface area contributed by atoms with E-state index < -0.39 is 6.10 Å². The molecule has 0 spiro atoms. The van der Waals surface area contributed by atoms with E-state index in [2.05, 4.69) is 45.1 Å². The van der Waals surface area contributed by atoms with E-state index in [1.54, 1.807) is 0 Å². The Morgan fingerprint density at radius 3 is 0.779 bits per heavy atom. The first-order chi connectivity index (χ1) is 33.5. The molecular formula is C62H116O6. The van der Waals surface area contributed by atoms with Crippen molar-refractivity contribution < 1.29 is 28.6 Å². The van der Waals surface area contributed by atoms with Crippen LogP contribution < -0.4 is 0 Å². The Morgan fingerprint density at radius 2 is 0.485 bits per heavy atom. The van der Waals surface area contributed by atoms with Crippen molar-refractivity contribution >= 4 is 17.9 Å². The first-order valence-electron chi connectivity index (χ1n) is 30.3. The minimum absolute atomic E-state index is 0.0730. The highest BCUT2D eigenvalue weighted by Crippen LogP contribution is 2.17. The molecule has 0 aromatic rings. The quantitative estimate of drug-likeness (QED) is 0.0262. The summed E-state index contributed by atoms with van der Waals surface area (Å²) < 4.78 is 16.9. The number of hydrogen-bond acceptors (Lipinski definition) is 6. The van der Waals surface area contributed by atoms with E-state index in [9.17, 15) is 14.4 Å². The van der Waals surface area contributed by atoms with Crippen LogP contribution in [0.2, 0.25) is 0 Å². The molecule has 6 nitrogen and oxygen atoms in total. The molecular weight excluding hydrogens is 841 g/mol. The number of ether oxygens (including phenoxy) is 3. The molecule has 0 radical (unpaired) electrons. The lowest BCUT2D eigenvalue weighted by molar-refractivity contribution is -0.167. The maximum Gasteiger partial charge on any atom is 0.306 e. The molecule has 0 aliphatic carbocycles. The molecule has 6 heteroatoms. The molecule has 0 aliphatic heterocycles. The molecule has 0 aliphatic rings. The standard InChI is InChI=1S/C62H116O6/c1-4-7-10-13-16-19-22-25-26-27-28-29-30-31-32-33-34-35-36-38-40-43-46-49-52-55-61(64)67-58-59(57-66-60(63)54-51-48-45-42-39-24-21-18-15-12-9-6-3)68-62(65)56-53-50-47-44-41-37-23-20-17-14-11-8-5-2/h18,20-21,23,59H,4-17,19,22,24-58H2,1-3H3/b21-18-,23-20-. The van der Waals surface area contributed by atoms with Gasteiger partial charge in [0, 0.05) is 19.3 Å². The molecule has 0 aromatic carbocycles.